The number of thioether (sulfide) groups is 1. The predicted octanol–water partition coefficient (Wildman–Crippen LogP) is 2.64. The Balaban J connectivity index is 1.47. The molecule has 140 valence electrons. The van der Waals surface area contributed by atoms with E-state index in [-0.39, 0.29) is 11.3 Å². The molecule has 1 N–H and O–H groups in total. The lowest BCUT2D eigenvalue weighted by Gasteiger charge is -2.42. The number of methoxy groups -OCH3 is 1. The first kappa shape index (κ1) is 18.9. The first-order chi connectivity index (χ1) is 12.7. The zero-order valence-corrected chi connectivity index (χ0v) is 16.0. The molecule has 1 aromatic heterocycles. The van der Waals surface area contributed by atoms with Gasteiger partial charge in [-0.3, -0.25) is 4.79 Å². The molecule has 6 nitrogen and oxygen atoms in total. The second kappa shape index (κ2) is 9.19. The van der Waals surface area contributed by atoms with Crippen LogP contribution in [0.15, 0.2) is 41.8 Å². The first-order valence-electron chi connectivity index (χ1n) is 9.05. The van der Waals surface area contributed by atoms with E-state index in [2.05, 4.69) is 39.8 Å². The molecule has 1 amide bonds. The predicted molar refractivity (Wildman–Crippen MR) is 102 cm³/mol. The van der Waals surface area contributed by atoms with Gasteiger partial charge in [-0.05, 0) is 24.8 Å². The summed E-state index contributed by atoms with van der Waals surface area (Å²) in [5.74, 6) is 0.400. The summed E-state index contributed by atoms with van der Waals surface area (Å²) < 4.78 is 7.04. The zero-order valence-electron chi connectivity index (χ0n) is 15.2. The van der Waals surface area contributed by atoms with Crippen molar-refractivity contribution in [1.29, 1.82) is 0 Å². The van der Waals surface area contributed by atoms with Crippen molar-refractivity contribution in [3.63, 3.8) is 0 Å². The number of benzene rings is 1. The first-order valence-corrected chi connectivity index (χ1v) is 10.0. The van der Waals surface area contributed by atoms with Gasteiger partial charge in [0.05, 0.1) is 5.75 Å². The largest absolute Gasteiger partial charge is 0.385 e. The average molecular weight is 375 g/mol. The van der Waals surface area contributed by atoms with Crippen LogP contribution in [0.3, 0.4) is 0 Å². The lowest BCUT2D eigenvalue weighted by atomic mass is 9.64. The van der Waals surface area contributed by atoms with Gasteiger partial charge in [0.15, 0.2) is 5.16 Å². The van der Waals surface area contributed by atoms with E-state index in [0.717, 1.165) is 31.0 Å². The quantitative estimate of drug-likeness (QED) is 0.511. The van der Waals surface area contributed by atoms with Crippen LogP contribution in [-0.4, -0.2) is 46.7 Å². The van der Waals surface area contributed by atoms with Crippen LogP contribution in [0, 0.1) is 0 Å². The number of rotatable bonds is 10. The number of amides is 1. The van der Waals surface area contributed by atoms with E-state index in [1.54, 1.807) is 13.4 Å². The third-order valence-electron chi connectivity index (χ3n) is 4.98. The Morgan fingerprint density at radius 3 is 2.85 bits per heavy atom. The Bertz CT molecular complexity index is 701. The van der Waals surface area contributed by atoms with E-state index < -0.39 is 0 Å². The Labute approximate surface area is 158 Å². The lowest BCUT2D eigenvalue weighted by molar-refractivity contribution is -0.119. The second-order valence-corrected chi connectivity index (χ2v) is 7.66. The highest BCUT2D eigenvalue weighted by atomic mass is 32.2. The van der Waals surface area contributed by atoms with Gasteiger partial charge in [-0.25, -0.2) is 0 Å². The zero-order chi connectivity index (χ0) is 18.2. The van der Waals surface area contributed by atoms with E-state index >= 15 is 0 Å². The van der Waals surface area contributed by atoms with Crippen LogP contribution in [0.2, 0.25) is 0 Å². The van der Waals surface area contributed by atoms with Crippen molar-refractivity contribution in [2.45, 2.75) is 42.8 Å². The van der Waals surface area contributed by atoms with E-state index in [9.17, 15) is 4.79 Å². The topological polar surface area (TPSA) is 69.0 Å². The molecule has 0 bridgehead atoms. The van der Waals surface area contributed by atoms with Gasteiger partial charge in [0, 0.05) is 32.2 Å². The number of ether oxygens (including phenoxy) is 1. The van der Waals surface area contributed by atoms with Gasteiger partial charge < -0.3 is 14.6 Å². The van der Waals surface area contributed by atoms with Gasteiger partial charge in [-0.1, -0.05) is 48.5 Å². The lowest BCUT2D eigenvalue weighted by Crippen LogP contribution is -2.46. The molecule has 3 rings (SSSR count). The minimum absolute atomic E-state index is 0.0450. The summed E-state index contributed by atoms with van der Waals surface area (Å²) in [6.07, 6.45) is 6.10. The Morgan fingerprint density at radius 1 is 1.35 bits per heavy atom. The highest BCUT2D eigenvalue weighted by Crippen LogP contribution is 2.43. The third kappa shape index (κ3) is 4.65. The molecule has 0 saturated heterocycles. The summed E-state index contributed by atoms with van der Waals surface area (Å²) in [6.45, 7) is 2.20. The summed E-state index contributed by atoms with van der Waals surface area (Å²) in [5.41, 5.74) is 1.44. The highest BCUT2D eigenvalue weighted by molar-refractivity contribution is 7.99. The molecule has 1 aliphatic carbocycles. The Hall–Kier alpha value is -1.86. The molecule has 0 spiro atoms. The number of nitrogens with one attached hydrogen (secondary N) is 1. The minimum atomic E-state index is 0.0450. The van der Waals surface area contributed by atoms with Gasteiger partial charge in [0.2, 0.25) is 5.91 Å². The van der Waals surface area contributed by atoms with E-state index in [4.69, 9.17) is 4.74 Å². The Kier molecular flexibility index (Phi) is 6.68. The van der Waals surface area contributed by atoms with Gasteiger partial charge in [-0.15, -0.1) is 10.2 Å². The molecule has 0 atom stereocenters. The van der Waals surface area contributed by atoms with E-state index in [0.29, 0.717) is 18.9 Å². The van der Waals surface area contributed by atoms with Gasteiger partial charge in [-0.2, -0.15) is 0 Å². The molecule has 0 radical (unpaired) electrons. The van der Waals surface area contributed by atoms with Crippen molar-refractivity contribution in [2.75, 3.05) is 26.0 Å². The summed E-state index contributed by atoms with van der Waals surface area (Å²) in [7, 11) is 1.69. The van der Waals surface area contributed by atoms with Crippen LogP contribution in [0.5, 0.6) is 0 Å². The number of hydrogen-bond donors (Lipinski definition) is 1. The molecule has 26 heavy (non-hydrogen) atoms. The summed E-state index contributed by atoms with van der Waals surface area (Å²) >= 11 is 1.43. The molecular weight excluding hydrogens is 348 g/mol. The number of aromatic nitrogens is 3. The molecule has 0 unspecified atom stereocenters. The molecule has 1 aromatic carbocycles. The van der Waals surface area contributed by atoms with Gasteiger partial charge in [0.25, 0.3) is 0 Å². The molecule has 2 aromatic rings. The van der Waals surface area contributed by atoms with E-state index in [1.807, 2.05) is 10.6 Å². The third-order valence-corrected chi connectivity index (χ3v) is 5.96. The summed E-state index contributed by atoms with van der Waals surface area (Å²) in [6, 6.07) is 10.5. The number of aryl methyl sites for hydroxylation is 1. The van der Waals surface area contributed by atoms with Gasteiger partial charge >= 0.3 is 0 Å². The average Bonchev–Trinajstić information content (AvgIpc) is 3.08. The minimum Gasteiger partial charge on any atom is -0.385 e. The molecule has 7 heteroatoms. The smallest absolute Gasteiger partial charge is 0.230 e. The molecule has 1 saturated carbocycles. The molecule has 0 aliphatic heterocycles. The van der Waals surface area contributed by atoms with Crippen molar-refractivity contribution in [2.24, 2.45) is 0 Å². The van der Waals surface area contributed by atoms with Crippen molar-refractivity contribution in [1.82, 2.24) is 20.1 Å². The molecular formula is C19H26N4O2S. The summed E-state index contributed by atoms with van der Waals surface area (Å²) in [4.78, 5) is 12.3. The molecule has 1 aliphatic rings. The van der Waals surface area contributed by atoms with Crippen molar-refractivity contribution >= 4 is 17.7 Å². The monoisotopic (exact) mass is 374 g/mol. The summed E-state index contributed by atoms with van der Waals surface area (Å²) in [5, 5.41) is 11.9. The van der Waals surface area contributed by atoms with Crippen molar-refractivity contribution < 1.29 is 9.53 Å². The maximum atomic E-state index is 12.3. The Morgan fingerprint density at radius 2 is 2.15 bits per heavy atom. The standard InChI is InChI=1S/C19H26N4O2S/c1-25-12-6-11-23-15-21-22-18(23)26-13-17(24)20-14-19(9-5-10-19)16-7-3-2-4-8-16/h2-4,7-8,15H,5-6,9-14H2,1H3,(H,20,24). The fraction of sp³-hybridized carbons (Fsp3) is 0.526. The van der Waals surface area contributed by atoms with Crippen LogP contribution in [0.4, 0.5) is 0 Å². The van der Waals surface area contributed by atoms with Crippen molar-refractivity contribution in [3.05, 3.63) is 42.2 Å². The van der Waals surface area contributed by atoms with Crippen molar-refractivity contribution in [3.8, 4) is 0 Å². The fourth-order valence-corrected chi connectivity index (χ4v) is 4.07. The fourth-order valence-electron chi connectivity index (χ4n) is 3.30. The number of nitrogens with zero attached hydrogens (tertiary/aromatic N) is 3. The van der Waals surface area contributed by atoms with Crippen LogP contribution < -0.4 is 5.32 Å². The van der Waals surface area contributed by atoms with Crippen LogP contribution >= 0.6 is 11.8 Å². The van der Waals surface area contributed by atoms with Gasteiger partial charge in [0.1, 0.15) is 6.33 Å². The maximum absolute atomic E-state index is 12.3. The SMILES string of the molecule is COCCCn1cnnc1SCC(=O)NCC1(c2ccccc2)CCC1. The second-order valence-electron chi connectivity index (χ2n) is 6.72. The number of carbonyl (C=O) groups excluding carboxylic acids is 1. The maximum Gasteiger partial charge on any atom is 0.230 e. The van der Waals surface area contributed by atoms with Crippen LogP contribution in [0.25, 0.3) is 0 Å². The normalized spacial score (nSPS) is 15.4. The molecule has 1 heterocycles. The molecule has 1 fully saturated rings. The number of hydrogen-bond acceptors (Lipinski definition) is 5. The highest BCUT2D eigenvalue weighted by Gasteiger charge is 2.38. The van der Waals surface area contributed by atoms with E-state index in [1.165, 1.54) is 23.7 Å². The van der Waals surface area contributed by atoms with Crippen LogP contribution in [0.1, 0.15) is 31.2 Å². The number of carbonyl (C=O) groups is 1. The van der Waals surface area contributed by atoms with Crippen LogP contribution in [-0.2, 0) is 21.5 Å².